The van der Waals surface area contributed by atoms with Crippen LogP contribution >= 0.6 is 0 Å². The van der Waals surface area contributed by atoms with Gasteiger partial charge in [0, 0.05) is 51.6 Å². The average molecular weight is 386 g/mol. The number of hydrogen-bond donors (Lipinski definition) is 1. The smallest absolute Gasteiger partial charge is 0.241 e. The Morgan fingerprint density at radius 3 is 2.54 bits per heavy atom. The van der Waals surface area contributed by atoms with Crippen molar-refractivity contribution in [3.05, 3.63) is 29.8 Å². The quantitative estimate of drug-likeness (QED) is 0.814. The van der Waals surface area contributed by atoms with Gasteiger partial charge in [0.05, 0.1) is 12.6 Å². The van der Waals surface area contributed by atoms with Crippen LogP contribution in [0.1, 0.15) is 18.4 Å². The Hall–Kier alpha value is -1.96. The molecule has 1 aromatic carbocycles. The lowest BCUT2D eigenvalue weighted by Gasteiger charge is -2.37. The van der Waals surface area contributed by atoms with Crippen LogP contribution < -0.4 is 10.6 Å². The number of piperazine rings is 1. The Bertz CT molecular complexity index is 711. The Morgan fingerprint density at radius 1 is 1.07 bits per heavy atom. The number of anilines is 1. The van der Waals surface area contributed by atoms with Crippen molar-refractivity contribution in [2.24, 2.45) is 11.7 Å². The van der Waals surface area contributed by atoms with Gasteiger partial charge in [-0.25, -0.2) is 0 Å². The zero-order valence-electron chi connectivity index (χ0n) is 16.4. The van der Waals surface area contributed by atoms with Crippen LogP contribution in [0.3, 0.4) is 0 Å². The van der Waals surface area contributed by atoms with Crippen molar-refractivity contribution in [1.82, 2.24) is 9.80 Å². The topological polar surface area (TPSA) is 79.1 Å². The van der Waals surface area contributed by atoms with E-state index in [-0.39, 0.29) is 17.7 Å². The Morgan fingerprint density at radius 2 is 1.79 bits per heavy atom. The molecular formula is C21H30N4O3. The van der Waals surface area contributed by atoms with Crippen LogP contribution in [0.25, 0.3) is 0 Å². The molecule has 7 nitrogen and oxygen atoms in total. The number of carbonyl (C=O) groups is 2. The minimum Gasteiger partial charge on any atom is -0.381 e. The molecule has 2 amide bonds. The van der Waals surface area contributed by atoms with Crippen molar-refractivity contribution in [3.8, 4) is 0 Å². The molecule has 152 valence electrons. The SMILES string of the molecule is NC(C(=O)N1CCN(CC(=O)N2CCc3ccccc32)CC1)C1CCOCC1. The predicted octanol–water partition coefficient (Wildman–Crippen LogP) is 0.474. The molecule has 3 heterocycles. The summed E-state index contributed by atoms with van der Waals surface area (Å²) in [6.07, 6.45) is 2.64. The Balaban J connectivity index is 1.26. The van der Waals surface area contributed by atoms with Crippen LogP contribution in [-0.2, 0) is 20.7 Å². The second kappa shape index (κ2) is 8.59. The van der Waals surface area contributed by atoms with Crippen LogP contribution in [0.15, 0.2) is 24.3 Å². The number of nitrogens with zero attached hydrogens (tertiary/aromatic N) is 3. The number of carbonyl (C=O) groups excluding carboxylic acids is 2. The minimum atomic E-state index is -0.432. The maximum atomic E-state index is 12.8. The van der Waals surface area contributed by atoms with Gasteiger partial charge < -0.3 is 20.3 Å². The lowest BCUT2D eigenvalue weighted by Crippen LogP contribution is -2.56. The van der Waals surface area contributed by atoms with E-state index in [1.807, 2.05) is 28.0 Å². The average Bonchev–Trinajstić information content (AvgIpc) is 3.18. The molecule has 7 heteroatoms. The van der Waals surface area contributed by atoms with Crippen LogP contribution in [0.4, 0.5) is 5.69 Å². The summed E-state index contributed by atoms with van der Waals surface area (Å²) in [5.74, 6) is 0.408. The van der Waals surface area contributed by atoms with Gasteiger partial charge in [0.25, 0.3) is 0 Å². The molecule has 0 saturated carbocycles. The molecule has 4 rings (SSSR count). The number of amides is 2. The zero-order valence-corrected chi connectivity index (χ0v) is 16.4. The van der Waals surface area contributed by atoms with Gasteiger partial charge in [-0.1, -0.05) is 18.2 Å². The van der Waals surface area contributed by atoms with Gasteiger partial charge >= 0.3 is 0 Å². The zero-order chi connectivity index (χ0) is 19.5. The monoisotopic (exact) mass is 386 g/mol. The highest BCUT2D eigenvalue weighted by Gasteiger charge is 2.32. The summed E-state index contributed by atoms with van der Waals surface area (Å²) >= 11 is 0. The van der Waals surface area contributed by atoms with E-state index in [9.17, 15) is 9.59 Å². The Labute approximate surface area is 166 Å². The van der Waals surface area contributed by atoms with Gasteiger partial charge in [0.15, 0.2) is 0 Å². The van der Waals surface area contributed by atoms with Crippen molar-refractivity contribution in [2.45, 2.75) is 25.3 Å². The first-order chi connectivity index (χ1) is 13.6. The first-order valence-electron chi connectivity index (χ1n) is 10.4. The maximum absolute atomic E-state index is 12.8. The summed E-state index contributed by atoms with van der Waals surface area (Å²) in [7, 11) is 0. The molecule has 28 heavy (non-hydrogen) atoms. The van der Waals surface area contributed by atoms with E-state index in [1.165, 1.54) is 5.56 Å². The lowest BCUT2D eigenvalue weighted by atomic mass is 9.91. The largest absolute Gasteiger partial charge is 0.381 e. The molecule has 1 unspecified atom stereocenters. The van der Waals surface area contributed by atoms with E-state index in [0.29, 0.717) is 45.9 Å². The number of fused-ring (bicyclic) bond motifs is 1. The van der Waals surface area contributed by atoms with Crippen molar-refractivity contribution < 1.29 is 14.3 Å². The molecule has 2 saturated heterocycles. The number of para-hydroxylation sites is 1. The number of hydrogen-bond acceptors (Lipinski definition) is 5. The molecular weight excluding hydrogens is 356 g/mol. The molecule has 2 N–H and O–H groups in total. The summed E-state index contributed by atoms with van der Waals surface area (Å²) in [6, 6.07) is 7.69. The van der Waals surface area contributed by atoms with Gasteiger partial charge in [0.2, 0.25) is 11.8 Å². The van der Waals surface area contributed by atoms with E-state index >= 15 is 0 Å². The molecule has 0 aromatic heterocycles. The molecule has 0 aliphatic carbocycles. The first kappa shape index (κ1) is 19.4. The van der Waals surface area contributed by atoms with E-state index in [4.69, 9.17) is 10.5 Å². The molecule has 1 aromatic rings. The van der Waals surface area contributed by atoms with Crippen LogP contribution in [0, 0.1) is 5.92 Å². The van der Waals surface area contributed by atoms with Gasteiger partial charge in [-0.2, -0.15) is 0 Å². The highest BCUT2D eigenvalue weighted by molar-refractivity contribution is 5.96. The van der Waals surface area contributed by atoms with Crippen molar-refractivity contribution in [1.29, 1.82) is 0 Å². The molecule has 0 bridgehead atoms. The maximum Gasteiger partial charge on any atom is 0.241 e. The van der Waals surface area contributed by atoms with Crippen molar-refractivity contribution in [3.63, 3.8) is 0 Å². The molecule has 2 fully saturated rings. The third kappa shape index (κ3) is 4.06. The van der Waals surface area contributed by atoms with Crippen molar-refractivity contribution in [2.75, 3.05) is 57.4 Å². The highest BCUT2D eigenvalue weighted by atomic mass is 16.5. The number of ether oxygens (including phenoxy) is 1. The standard InChI is InChI=1S/C21H30N4O3/c22-20(17-6-13-28-14-7-17)21(27)24-11-9-23(10-12-24)15-19(26)25-8-5-16-3-1-2-4-18(16)25/h1-4,17,20H,5-15,22H2. The highest BCUT2D eigenvalue weighted by Crippen LogP contribution is 2.27. The summed E-state index contributed by atoms with van der Waals surface area (Å²) in [6.45, 7) is 5.27. The Kier molecular flexibility index (Phi) is 5.94. The van der Waals surface area contributed by atoms with E-state index < -0.39 is 6.04 Å². The van der Waals surface area contributed by atoms with Crippen LogP contribution in [-0.4, -0.2) is 80.1 Å². The molecule has 0 spiro atoms. The summed E-state index contributed by atoms with van der Waals surface area (Å²) in [5.41, 5.74) is 8.53. The summed E-state index contributed by atoms with van der Waals surface area (Å²) < 4.78 is 5.37. The first-order valence-corrected chi connectivity index (χ1v) is 10.4. The number of benzene rings is 1. The van der Waals surface area contributed by atoms with Crippen molar-refractivity contribution >= 4 is 17.5 Å². The molecule has 0 radical (unpaired) electrons. The lowest BCUT2D eigenvalue weighted by molar-refractivity contribution is -0.136. The number of rotatable bonds is 4. The molecule has 3 aliphatic heterocycles. The second-order valence-electron chi connectivity index (χ2n) is 8.00. The van der Waals surface area contributed by atoms with Gasteiger partial charge in [-0.3, -0.25) is 14.5 Å². The fraction of sp³-hybridized carbons (Fsp3) is 0.619. The van der Waals surface area contributed by atoms with Gasteiger partial charge in [-0.15, -0.1) is 0 Å². The third-order valence-electron chi connectivity index (χ3n) is 6.29. The second-order valence-corrected chi connectivity index (χ2v) is 8.00. The van der Waals surface area contributed by atoms with E-state index in [2.05, 4.69) is 11.0 Å². The van der Waals surface area contributed by atoms with Crippen LogP contribution in [0.2, 0.25) is 0 Å². The van der Waals surface area contributed by atoms with E-state index in [0.717, 1.165) is 31.5 Å². The predicted molar refractivity (Wildman–Crippen MR) is 107 cm³/mol. The normalized spacial score (nSPS) is 22.2. The fourth-order valence-corrected chi connectivity index (χ4v) is 4.49. The fourth-order valence-electron chi connectivity index (χ4n) is 4.49. The van der Waals surface area contributed by atoms with Gasteiger partial charge in [-0.05, 0) is 36.8 Å². The molecule has 1 atom stereocenters. The van der Waals surface area contributed by atoms with Crippen LogP contribution in [0.5, 0.6) is 0 Å². The van der Waals surface area contributed by atoms with E-state index in [1.54, 1.807) is 0 Å². The molecule has 3 aliphatic rings. The summed E-state index contributed by atoms with van der Waals surface area (Å²) in [5, 5.41) is 0. The van der Waals surface area contributed by atoms with Gasteiger partial charge in [0.1, 0.15) is 0 Å². The number of nitrogens with two attached hydrogens (primary N) is 1. The third-order valence-corrected chi connectivity index (χ3v) is 6.29. The summed E-state index contributed by atoms with van der Waals surface area (Å²) in [4.78, 5) is 31.4. The minimum absolute atomic E-state index is 0.0475.